The van der Waals surface area contributed by atoms with Crippen LogP contribution in [0.25, 0.3) is 6.08 Å². The van der Waals surface area contributed by atoms with Gasteiger partial charge in [0.25, 0.3) is 5.91 Å². The van der Waals surface area contributed by atoms with Crippen LogP contribution in [0.4, 0.5) is 0 Å². The lowest BCUT2D eigenvalue weighted by Crippen LogP contribution is -2.27. The van der Waals surface area contributed by atoms with Gasteiger partial charge < -0.3 is 9.47 Å². The Balaban J connectivity index is 1.87. The Bertz CT molecular complexity index is 975. The normalized spacial score (nSPS) is 15.3. The average molecular weight is 492 g/mol. The van der Waals surface area contributed by atoms with E-state index in [9.17, 15) is 4.79 Å². The molecule has 7 heteroatoms. The molecule has 152 valence electrons. The number of rotatable bonds is 7. The molecule has 2 aromatic rings. The standard InChI is InChI=1S/C22H22BrNO3S2/c1-4-24-21(25)20(29-22(24)28)11-16-10-18(26-5-2)19(12-17(16)23)27-13-15-8-6-7-14(3)9-15/h6-12H,4-5,13H2,1-3H3/b20-11-. The minimum absolute atomic E-state index is 0.0628. The summed E-state index contributed by atoms with van der Waals surface area (Å²) in [5, 5.41) is 0. The van der Waals surface area contributed by atoms with E-state index < -0.39 is 0 Å². The number of benzene rings is 2. The van der Waals surface area contributed by atoms with E-state index in [0.29, 0.717) is 40.5 Å². The second-order valence-corrected chi connectivity index (χ2v) is 8.99. The molecule has 4 nitrogen and oxygen atoms in total. The third kappa shape index (κ3) is 5.21. The highest BCUT2D eigenvalue weighted by Crippen LogP contribution is 2.38. The monoisotopic (exact) mass is 491 g/mol. The molecule has 1 fully saturated rings. The Morgan fingerprint density at radius 1 is 1.17 bits per heavy atom. The van der Waals surface area contributed by atoms with Crippen LogP contribution in [0.2, 0.25) is 0 Å². The molecule has 1 saturated heterocycles. The van der Waals surface area contributed by atoms with Crippen LogP contribution in [0.3, 0.4) is 0 Å². The van der Waals surface area contributed by atoms with Gasteiger partial charge in [0, 0.05) is 11.0 Å². The highest BCUT2D eigenvalue weighted by molar-refractivity contribution is 9.10. The third-order valence-corrected chi connectivity index (χ3v) is 6.38. The maximum Gasteiger partial charge on any atom is 0.266 e. The Morgan fingerprint density at radius 3 is 2.59 bits per heavy atom. The summed E-state index contributed by atoms with van der Waals surface area (Å²) in [4.78, 5) is 14.7. The largest absolute Gasteiger partial charge is 0.490 e. The van der Waals surface area contributed by atoms with Crippen LogP contribution >= 0.6 is 39.9 Å². The summed E-state index contributed by atoms with van der Waals surface area (Å²) < 4.78 is 13.2. The molecule has 0 unspecified atom stereocenters. The van der Waals surface area contributed by atoms with Crippen molar-refractivity contribution in [3.05, 3.63) is 62.5 Å². The summed E-state index contributed by atoms with van der Waals surface area (Å²) in [5.41, 5.74) is 3.13. The average Bonchev–Trinajstić information content (AvgIpc) is 2.95. The molecule has 1 aliphatic heterocycles. The first-order valence-corrected chi connectivity index (χ1v) is 11.3. The lowest BCUT2D eigenvalue weighted by atomic mass is 10.1. The van der Waals surface area contributed by atoms with Crippen molar-refractivity contribution >= 4 is 56.2 Å². The molecule has 0 aromatic heterocycles. The second-order valence-electron chi connectivity index (χ2n) is 6.46. The SMILES string of the molecule is CCOc1cc(/C=C2\SC(=S)N(CC)C2=O)c(Br)cc1OCc1cccc(C)c1. The van der Waals surface area contributed by atoms with Gasteiger partial charge in [-0.05, 0) is 50.1 Å². The highest BCUT2D eigenvalue weighted by atomic mass is 79.9. The Hall–Kier alpha value is -1.83. The second kappa shape index (κ2) is 9.78. The van der Waals surface area contributed by atoms with Crippen molar-refractivity contribution in [3.8, 4) is 11.5 Å². The molecule has 2 aromatic carbocycles. The lowest BCUT2D eigenvalue weighted by molar-refractivity contribution is -0.121. The van der Waals surface area contributed by atoms with Crippen LogP contribution in [0.5, 0.6) is 11.5 Å². The van der Waals surface area contributed by atoms with Gasteiger partial charge >= 0.3 is 0 Å². The minimum Gasteiger partial charge on any atom is -0.490 e. The molecule has 0 atom stereocenters. The predicted molar refractivity (Wildman–Crippen MR) is 126 cm³/mol. The van der Waals surface area contributed by atoms with Gasteiger partial charge in [-0.25, -0.2) is 0 Å². The number of likely N-dealkylation sites (N-methyl/N-ethyl adjacent to an activating group) is 1. The zero-order valence-corrected chi connectivity index (χ0v) is 19.7. The van der Waals surface area contributed by atoms with Gasteiger partial charge in [-0.1, -0.05) is 69.7 Å². The number of aryl methyl sites for hydroxylation is 1. The highest BCUT2D eigenvalue weighted by Gasteiger charge is 2.30. The van der Waals surface area contributed by atoms with Crippen LogP contribution < -0.4 is 9.47 Å². The van der Waals surface area contributed by atoms with Crippen LogP contribution in [-0.2, 0) is 11.4 Å². The number of thioether (sulfide) groups is 1. The summed E-state index contributed by atoms with van der Waals surface area (Å²) >= 11 is 10.2. The molecule has 29 heavy (non-hydrogen) atoms. The fraction of sp³-hybridized carbons (Fsp3) is 0.273. The molecular weight excluding hydrogens is 470 g/mol. The molecule has 0 saturated carbocycles. The van der Waals surface area contributed by atoms with Gasteiger partial charge in [0.2, 0.25) is 0 Å². The number of halogens is 1. The number of hydrogen-bond acceptors (Lipinski definition) is 5. The van der Waals surface area contributed by atoms with Crippen molar-refractivity contribution in [3.63, 3.8) is 0 Å². The van der Waals surface area contributed by atoms with Crippen molar-refractivity contribution in [2.24, 2.45) is 0 Å². The molecular formula is C22H22BrNO3S2. The van der Waals surface area contributed by atoms with Gasteiger partial charge in [-0.3, -0.25) is 9.69 Å². The summed E-state index contributed by atoms with van der Waals surface area (Å²) in [6.07, 6.45) is 1.84. The summed E-state index contributed by atoms with van der Waals surface area (Å²) in [6, 6.07) is 12.0. The van der Waals surface area contributed by atoms with Crippen LogP contribution in [0, 0.1) is 6.92 Å². The Labute approximate surface area is 189 Å². The van der Waals surface area contributed by atoms with Gasteiger partial charge in [0.1, 0.15) is 10.9 Å². The number of carbonyl (C=O) groups is 1. The third-order valence-electron chi connectivity index (χ3n) is 4.32. The molecule has 3 rings (SSSR count). The van der Waals surface area contributed by atoms with E-state index in [-0.39, 0.29) is 5.91 Å². The first kappa shape index (κ1) is 21.9. The van der Waals surface area contributed by atoms with Crippen LogP contribution in [0.1, 0.15) is 30.5 Å². The number of hydrogen-bond donors (Lipinski definition) is 0. The van der Waals surface area contributed by atoms with Crippen molar-refractivity contribution in [2.75, 3.05) is 13.2 Å². The molecule has 0 radical (unpaired) electrons. The van der Waals surface area contributed by atoms with Gasteiger partial charge in [0.15, 0.2) is 11.5 Å². The maximum absolute atomic E-state index is 12.5. The fourth-order valence-electron chi connectivity index (χ4n) is 2.92. The van der Waals surface area contributed by atoms with E-state index in [1.807, 2.05) is 44.2 Å². The Kier molecular flexibility index (Phi) is 7.38. The number of amides is 1. The van der Waals surface area contributed by atoms with Crippen molar-refractivity contribution in [2.45, 2.75) is 27.4 Å². The minimum atomic E-state index is -0.0628. The summed E-state index contributed by atoms with van der Waals surface area (Å²) in [5.74, 6) is 1.23. The van der Waals surface area contributed by atoms with Crippen LogP contribution in [0.15, 0.2) is 45.8 Å². The fourth-order valence-corrected chi connectivity index (χ4v) is 4.73. The maximum atomic E-state index is 12.5. The Morgan fingerprint density at radius 2 is 1.93 bits per heavy atom. The predicted octanol–water partition coefficient (Wildman–Crippen LogP) is 5.96. The molecule has 1 heterocycles. The van der Waals surface area contributed by atoms with Crippen molar-refractivity contribution < 1.29 is 14.3 Å². The number of thiocarbonyl (C=S) groups is 1. The summed E-state index contributed by atoms with van der Waals surface area (Å²) in [6.45, 7) is 7.43. The van der Waals surface area contributed by atoms with Gasteiger partial charge in [-0.15, -0.1) is 0 Å². The first-order valence-electron chi connectivity index (χ1n) is 9.33. The van der Waals surface area contributed by atoms with E-state index in [1.165, 1.54) is 17.3 Å². The molecule has 0 bridgehead atoms. The number of ether oxygens (including phenoxy) is 2. The molecule has 0 aliphatic carbocycles. The molecule has 0 N–H and O–H groups in total. The van der Waals surface area contributed by atoms with Gasteiger partial charge in [0.05, 0.1) is 11.5 Å². The van der Waals surface area contributed by atoms with E-state index in [4.69, 9.17) is 21.7 Å². The van der Waals surface area contributed by atoms with E-state index >= 15 is 0 Å². The zero-order chi connectivity index (χ0) is 21.0. The van der Waals surface area contributed by atoms with Crippen LogP contribution in [-0.4, -0.2) is 28.3 Å². The lowest BCUT2D eigenvalue weighted by Gasteiger charge is -2.14. The molecule has 1 aliphatic rings. The quantitative estimate of drug-likeness (QED) is 0.353. The number of nitrogens with zero attached hydrogens (tertiary/aromatic N) is 1. The van der Waals surface area contributed by atoms with E-state index in [0.717, 1.165) is 15.6 Å². The zero-order valence-electron chi connectivity index (χ0n) is 16.5. The molecule has 0 spiro atoms. The summed E-state index contributed by atoms with van der Waals surface area (Å²) in [7, 11) is 0. The van der Waals surface area contributed by atoms with E-state index in [1.54, 1.807) is 4.90 Å². The topological polar surface area (TPSA) is 38.8 Å². The first-order chi connectivity index (χ1) is 13.9. The smallest absolute Gasteiger partial charge is 0.266 e. The van der Waals surface area contributed by atoms with E-state index in [2.05, 4.69) is 35.0 Å². The van der Waals surface area contributed by atoms with Gasteiger partial charge in [-0.2, -0.15) is 0 Å². The van der Waals surface area contributed by atoms with Crippen molar-refractivity contribution in [1.29, 1.82) is 0 Å². The molecule has 1 amide bonds. The van der Waals surface area contributed by atoms with Crippen molar-refractivity contribution in [1.82, 2.24) is 4.90 Å². The number of carbonyl (C=O) groups excluding carboxylic acids is 1.